The SMILES string of the molecule is Cc1ccc(CNC2CC2)c(-c2cc(F)c(C)cc2F)c1. The van der Waals surface area contributed by atoms with E-state index < -0.39 is 0 Å². The summed E-state index contributed by atoms with van der Waals surface area (Å²) in [5, 5.41) is 3.43. The van der Waals surface area contributed by atoms with Gasteiger partial charge in [0.15, 0.2) is 0 Å². The minimum Gasteiger partial charge on any atom is -0.310 e. The molecule has 0 amide bonds. The molecule has 1 fully saturated rings. The van der Waals surface area contributed by atoms with Crippen molar-refractivity contribution in [2.45, 2.75) is 39.3 Å². The van der Waals surface area contributed by atoms with Gasteiger partial charge in [-0.25, -0.2) is 8.78 Å². The van der Waals surface area contributed by atoms with Crippen molar-refractivity contribution in [3.63, 3.8) is 0 Å². The van der Waals surface area contributed by atoms with Crippen LogP contribution in [0.5, 0.6) is 0 Å². The molecule has 1 N–H and O–H groups in total. The van der Waals surface area contributed by atoms with Crippen LogP contribution in [0.3, 0.4) is 0 Å². The molecule has 0 radical (unpaired) electrons. The number of halogens is 2. The molecule has 0 unspecified atom stereocenters. The largest absolute Gasteiger partial charge is 0.310 e. The molecule has 2 aromatic carbocycles. The van der Waals surface area contributed by atoms with Crippen LogP contribution in [0.15, 0.2) is 30.3 Å². The molecular formula is C18H19F2N. The second kappa shape index (κ2) is 5.57. The molecule has 0 spiro atoms. The first-order chi connectivity index (χ1) is 10.0. The van der Waals surface area contributed by atoms with E-state index in [9.17, 15) is 8.78 Å². The predicted octanol–water partition coefficient (Wildman–Crippen LogP) is 4.50. The maximum Gasteiger partial charge on any atom is 0.131 e. The Morgan fingerprint density at radius 3 is 2.48 bits per heavy atom. The molecule has 0 atom stereocenters. The summed E-state index contributed by atoms with van der Waals surface area (Å²) in [6, 6.07) is 9.09. The van der Waals surface area contributed by atoms with Crippen molar-refractivity contribution in [3.05, 3.63) is 58.7 Å². The number of benzene rings is 2. The molecule has 0 aliphatic heterocycles. The van der Waals surface area contributed by atoms with E-state index in [0.717, 1.165) is 16.7 Å². The fourth-order valence-electron chi connectivity index (χ4n) is 2.49. The quantitative estimate of drug-likeness (QED) is 0.873. The number of nitrogens with one attached hydrogen (secondary N) is 1. The molecule has 0 saturated heterocycles. The van der Waals surface area contributed by atoms with Gasteiger partial charge in [0.05, 0.1) is 0 Å². The molecule has 21 heavy (non-hydrogen) atoms. The van der Waals surface area contributed by atoms with Crippen LogP contribution < -0.4 is 5.32 Å². The Morgan fingerprint density at radius 1 is 1.00 bits per heavy atom. The Labute approximate surface area is 124 Å². The van der Waals surface area contributed by atoms with E-state index in [0.29, 0.717) is 23.7 Å². The summed E-state index contributed by atoms with van der Waals surface area (Å²) in [5.74, 6) is -0.735. The van der Waals surface area contributed by atoms with Crippen molar-refractivity contribution in [2.75, 3.05) is 0 Å². The number of aryl methyl sites for hydroxylation is 2. The van der Waals surface area contributed by atoms with Crippen LogP contribution >= 0.6 is 0 Å². The molecule has 1 saturated carbocycles. The van der Waals surface area contributed by atoms with Gasteiger partial charge >= 0.3 is 0 Å². The first kappa shape index (κ1) is 14.2. The van der Waals surface area contributed by atoms with Gasteiger partial charge in [-0.3, -0.25) is 0 Å². The minimum atomic E-state index is -0.368. The first-order valence-corrected chi connectivity index (χ1v) is 7.33. The van der Waals surface area contributed by atoms with Crippen LogP contribution in [0.2, 0.25) is 0 Å². The van der Waals surface area contributed by atoms with Gasteiger partial charge in [-0.2, -0.15) is 0 Å². The molecule has 0 aromatic heterocycles. The number of hydrogen-bond acceptors (Lipinski definition) is 1. The van der Waals surface area contributed by atoms with Crippen LogP contribution in [0.1, 0.15) is 29.5 Å². The van der Waals surface area contributed by atoms with E-state index >= 15 is 0 Å². The number of hydrogen-bond donors (Lipinski definition) is 1. The zero-order valence-electron chi connectivity index (χ0n) is 12.3. The van der Waals surface area contributed by atoms with E-state index in [1.807, 2.05) is 25.1 Å². The third-order valence-electron chi connectivity index (χ3n) is 3.96. The molecule has 1 nitrogen and oxygen atoms in total. The lowest BCUT2D eigenvalue weighted by molar-refractivity contribution is 0.595. The van der Waals surface area contributed by atoms with Gasteiger partial charge in [-0.15, -0.1) is 0 Å². The van der Waals surface area contributed by atoms with Gasteiger partial charge in [-0.1, -0.05) is 23.8 Å². The molecule has 110 valence electrons. The molecule has 2 aromatic rings. The lowest BCUT2D eigenvalue weighted by Gasteiger charge is -2.13. The molecule has 1 aliphatic carbocycles. The Balaban J connectivity index is 2.02. The summed E-state index contributed by atoms with van der Waals surface area (Å²) >= 11 is 0. The van der Waals surface area contributed by atoms with E-state index in [1.54, 1.807) is 6.92 Å². The monoisotopic (exact) mass is 287 g/mol. The maximum atomic E-state index is 14.3. The summed E-state index contributed by atoms with van der Waals surface area (Å²) in [7, 11) is 0. The molecule has 3 heteroatoms. The highest BCUT2D eigenvalue weighted by atomic mass is 19.1. The summed E-state index contributed by atoms with van der Waals surface area (Å²) in [5.41, 5.74) is 3.51. The van der Waals surface area contributed by atoms with E-state index in [1.165, 1.54) is 25.0 Å². The summed E-state index contributed by atoms with van der Waals surface area (Å²) in [6.45, 7) is 4.23. The Hall–Kier alpha value is -1.74. The average molecular weight is 287 g/mol. The van der Waals surface area contributed by atoms with E-state index in [-0.39, 0.29) is 11.6 Å². The first-order valence-electron chi connectivity index (χ1n) is 7.33. The lowest BCUT2D eigenvalue weighted by Crippen LogP contribution is -2.16. The molecule has 3 rings (SSSR count). The van der Waals surface area contributed by atoms with Crippen molar-refractivity contribution in [3.8, 4) is 11.1 Å². The fourth-order valence-corrected chi connectivity index (χ4v) is 2.49. The lowest BCUT2D eigenvalue weighted by atomic mass is 9.96. The zero-order chi connectivity index (χ0) is 15.0. The number of rotatable bonds is 4. The van der Waals surface area contributed by atoms with Crippen LogP contribution in [-0.2, 0) is 6.54 Å². The van der Waals surface area contributed by atoms with Gasteiger partial charge in [0.1, 0.15) is 11.6 Å². The molecule has 0 bridgehead atoms. The second-order valence-corrected chi connectivity index (χ2v) is 5.90. The predicted molar refractivity (Wildman–Crippen MR) is 81.1 cm³/mol. The highest BCUT2D eigenvalue weighted by Gasteiger charge is 2.21. The van der Waals surface area contributed by atoms with Gasteiger partial charge in [-0.05, 0) is 55.5 Å². The van der Waals surface area contributed by atoms with Crippen molar-refractivity contribution in [1.29, 1.82) is 0 Å². The van der Waals surface area contributed by atoms with Gasteiger partial charge in [0.25, 0.3) is 0 Å². The molecular weight excluding hydrogens is 268 g/mol. The third-order valence-corrected chi connectivity index (χ3v) is 3.96. The van der Waals surface area contributed by atoms with Crippen molar-refractivity contribution < 1.29 is 8.78 Å². The zero-order valence-corrected chi connectivity index (χ0v) is 12.3. The van der Waals surface area contributed by atoms with E-state index in [4.69, 9.17) is 0 Å². The molecule has 0 heterocycles. The summed E-state index contributed by atoms with van der Waals surface area (Å²) < 4.78 is 28.1. The summed E-state index contributed by atoms with van der Waals surface area (Å²) in [4.78, 5) is 0. The third kappa shape index (κ3) is 3.13. The highest BCUT2D eigenvalue weighted by Crippen LogP contribution is 2.30. The van der Waals surface area contributed by atoms with Crippen LogP contribution in [-0.4, -0.2) is 6.04 Å². The van der Waals surface area contributed by atoms with Crippen LogP contribution in [0.4, 0.5) is 8.78 Å². The Bertz CT molecular complexity index is 675. The van der Waals surface area contributed by atoms with Gasteiger partial charge in [0.2, 0.25) is 0 Å². The van der Waals surface area contributed by atoms with Crippen LogP contribution in [0, 0.1) is 25.5 Å². The Kier molecular flexibility index (Phi) is 3.77. The standard InChI is InChI=1S/C18H19F2N/c1-11-3-4-13(10-21-14-5-6-14)15(7-11)16-9-17(19)12(2)8-18(16)20/h3-4,7-9,14,21H,5-6,10H2,1-2H3. The van der Waals surface area contributed by atoms with Crippen molar-refractivity contribution in [1.82, 2.24) is 5.32 Å². The van der Waals surface area contributed by atoms with Gasteiger partial charge < -0.3 is 5.32 Å². The average Bonchev–Trinajstić information content (AvgIpc) is 3.25. The summed E-state index contributed by atoms with van der Waals surface area (Å²) in [6.07, 6.45) is 2.41. The topological polar surface area (TPSA) is 12.0 Å². The highest BCUT2D eigenvalue weighted by molar-refractivity contribution is 5.69. The minimum absolute atomic E-state index is 0.335. The molecule has 1 aliphatic rings. The van der Waals surface area contributed by atoms with Crippen molar-refractivity contribution in [2.24, 2.45) is 0 Å². The maximum absolute atomic E-state index is 14.3. The van der Waals surface area contributed by atoms with Crippen LogP contribution in [0.25, 0.3) is 11.1 Å². The Morgan fingerprint density at radius 2 is 1.76 bits per heavy atom. The van der Waals surface area contributed by atoms with Crippen molar-refractivity contribution >= 4 is 0 Å². The second-order valence-electron chi connectivity index (χ2n) is 5.90. The smallest absolute Gasteiger partial charge is 0.131 e. The van der Waals surface area contributed by atoms with Gasteiger partial charge in [0, 0.05) is 18.2 Å². The normalized spacial score (nSPS) is 14.5. The van der Waals surface area contributed by atoms with E-state index in [2.05, 4.69) is 5.32 Å². The fraction of sp³-hybridized carbons (Fsp3) is 0.333.